The number of nitrogen functional groups attached to an aromatic ring is 1. The average Bonchev–Trinajstić information content (AvgIpc) is 3.32. The van der Waals surface area contributed by atoms with E-state index in [0.717, 1.165) is 36.6 Å². The van der Waals surface area contributed by atoms with Crippen molar-refractivity contribution >= 4 is 29.3 Å². The highest BCUT2D eigenvalue weighted by Crippen LogP contribution is 2.31. The highest BCUT2D eigenvalue weighted by Gasteiger charge is 2.22. The van der Waals surface area contributed by atoms with Gasteiger partial charge in [0.1, 0.15) is 15.9 Å². The highest BCUT2D eigenvalue weighted by atomic mass is 35.5. The maximum absolute atomic E-state index is 6.00. The number of nitrogens with two attached hydrogens (primary N) is 1. The first-order valence-electron chi connectivity index (χ1n) is 8.79. The zero-order valence-corrected chi connectivity index (χ0v) is 16.8. The van der Waals surface area contributed by atoms with E-state index in [-0.39, 0.29) is 17.2 Å². The van der Waals surface area contributed by atoms with E-state index in [1.165, 1.54) is 11.8 Å². The number of anilines is 1. The lowest BCUT2D eigenvalue weighted by molar-refractivity contribution is 0.0953. The maximum atomic E-state index is 6.00. The van der Waals surface area contributed by atoms with Crippen molar-refractivity contribution in [3.05, 3.63) is 35.5 Å². The van der Waals surface area contributed by atoms with E-state index >= 15 is 0 Å². The number of ether oxygens (including phenoxy) is 2. The Kier molecular flexibility index (Phi) is 5.65. The van der Waals surface area contributed by atoms with Crippen LogP contribution in [0.4, 0.5) is 5.95 Å². The molecule has 146 valence electrons. The summed E-state index contributed by atoms with van der Waals surface area (Å²) in [6.07, 6.45) is 2.20. The first-order chi connectivity index (χ1) is 13.6. The van der Waals surface area contributed by atoms with Crippen molar-refractivity contribution in [2.45, 2.75) is 35.7 Å². The number of hydrogen-bond donors (Lipinski definition) is 1. The molecule has 2 aromatic heterocycles. The van der Waals surface area contributed by atoms with Crippen LogP contribution < -0.4 is 10.5 Å². The summed E-state index contributed by atoms with van der Waals surface area (Å²) in [6, 6.07) is 9.38. The van der Waals surface area contributed by atoms with Crippen LogP contribution in [0.2, 0.25) is 5.15 Å². The van der Waals surface area contributed by atoms with Gasteiger partial charge in [0.2, 0.25) is 5.95 Å². The first-order valence-corrected chi connectivity index (χ1v) is 9.99. The summed E-state index contributed by atoms with van der Waals surface area (Å²) in [4.78, 5) is 8.12. The van der Waals surface area contributed by atoms with Crippen molar-refractivity contribution in [1.82, 2.24) is 24.7 Å². The summed E-state index contributed by atoms with van der Waals surface area (Å²) in [5, 5.41) is 10.4. The molecule has 0 radical (unpaired) electrons. The van der Waals surface area contributed by atoms with E-state index < -0.39 is 0 Å². The first kappa shape index (κ1) is 19.0. The number of aromatic nitrogens is 5. The largest absolute Gasteiger partial charge is 0.497 e. The molecule has 3 heterocycles. The molecule has 3 aromatic rings. The van der Waals surface area contributed by atoms with Crippen molar-refractivity contribution in [2.24, 2.45) is 0 Å². The van der Waals surface area contributed by atoms with Crippen molar-refractivity contribution < 1.29 is 9.47 Å². The molecule has 1 aliphatic rings. The molecule has 28 heavy (non-hydrogen) atoms. The van der Waals surface area contributed by atoms with Gasteiger partial charge < -0.3 is 15.2 Å². The molecule has 0 saturated carbocycles. The summed E-state index contributed by atoms with van der Waals surface area (Å²) in [6.45, 7) is 1.44. The van der Waals surface area contributed by atoms with E-state index in [2.05, 4.69) is 24.7 Å². The van der Waals surface area contributed by atoms with Gasteiger partial charge in [-0.25, -0.2) is 9.97 Å². The van der Waals surface area contributed by atoms with Crippen LogP contribution in [0, 0.1) is 0 Å². The Labute approximate surface area is 171 Å². The molecule has 0 bridgehead atoms. The van der Waals surface area contributed by atoms with E-state index in [0.29, 0.717) is 16.7 Å². The Morgan fingerprint density at radius 2 is 2.11 bits per heavy atom. The lowest BCUT2D eigenvalue weighted by Crippen LogP contribution is -2.16. The van der Waals surface area contributed by atoms with Gasteiger partial charge in [0.15, 0.2) is 11.0 Å². The quantitative estimate of drug-likeness (QED) is 0.608. The number of methoxy groups -OCH3 is 1. The Morgan fingerprint density at radius 3 is 2.79 bits per heavy atom. The van der Waals surface area contributed by atoms with Gasteiger partial charge >= 0.3 is 0 Å². The van der Waals surface area contributed by atoms with Crippen LogP contribution in [0.25, 0.3) is 11.4 Å². The summed E-state index contributed by atoms with van der Waals surface area (Å²) in [7, 11) is 1.64. The number of benzene rings is 1. The molecule has 0 amide bonds. The minimum absolute atomic E-state index is 0.121. The maximum Gasteiger partial charge on any atom is 0.222 e. The standard InChI is InChI=1S/C18H19ClN6O2S/c1-26-12-6-4-11(5-7-12)16-23-24-18(25(16)10-13-3-2-8-27-13)28-15-9-14(19)21-17(20)22-15/h4-7,9,13H,2-3,8,10H2,1H3,(H2,20,21,22). The second-order valence-electron chi connectivity index (χ2n) is 6.27. The van der Waals surface area contributed by atoms with E-state index in [4.69, 9.17) is 26.8 Å². The van der Waals surface area contributed by atoms with Gasteiger partial charge in [-0.2, -0.15) is 0 Å². The van der Waals surface area contributed by atoms with Gasteiger partial charge in [0.05, 0.1) is 19.8 Å². The minimum atomic E-state index is 0.121. The molecule has 1 aliphatic heterocycles. The molecule has 1 aromatic carbocycles. The fraction of sp³-hybridized carbons (Fsp3) is 0.333. The van der Waals surface area contributed by atoms with Gasteiger partial charge in [0.25, 0.3) is 0 Å². The van der Waals surface area contributed by atoms with Crippen LogP contribution >= 0.6 is 23.4 Å². The van der Waals surface area contributed by atoms with Gasteiger partial charge in [-0.3, -0.25) is 4.57 Å². The summed E-state index contributed by atoms with van der Waals surface area (Å²) >= 11 is 7.35. The Balaban J connectivity index is 1.69. The second kappa shape index (κ2) is 8.34. The predicted octanol–water partition coefficient (Wildman–Crippen LogP) is 3.31. The number of rotatable bonds is 6. The van der Waals surface area contributed by atoms with Crippen LogP contribution in [0.1, 0.15) is 12.8 Å². The fourth-order valence-corrected chi connectivity index (χ4v) is 4.14. The number of hydrogen-bond acceptors (Lipinski definition) is 8. The molecular weight excluding hydrogens is 400 g/mol. The molecule has 1 atom stereocenters. The van der Waals surface area contributed by atoms with Crippen molar-refractivity contribution in [1.29, 1.82) is 0 Å². The summed E-state index contributed by atoms with van der Waals surface area (Å²) in [5.41, 5.74) is 6.66. The minimum Gasteiger partial charge on any atom is -0.497 e. The van der Waals surface area contributed by atoms with Crippen LogP contribution in [0.3, 0.4) is 0 Å². The third-order valence-corrected chi connectivity index (χ3v) is 5.46. The molecule has 8 nitrogen and oxygen atoms in total. The zero-order valence-electron chi connectivity index (χ0n) is 15.2. The number of nitrogens with zero attached hydrogens (tertiary/aromatic N) is 5. The topological polar surface area (TPSA) is 101 Å². The fourth-order valence-electron chi connectivity index (χ4n) is 3.03. The second-order valence-corrected chi connectivity index (χ2v) is 7.64. The molecule has 10 heteroatoms. The monoisotopic (exact) mass is 418 g/mol. The predicted molar refractivity (Wildman–Crippen MR) is 107 cm³/mol. The third-order valence-electron chi connectivity index (χ3n) is 4.36. The third kappa shape index (κ3) is 4.21. The van der Waals surface area contributed by atoms with Crippen LogP contribution in [-0.2, 0) is 11.3 Å². The Hall–Kier alpha value is -2.36. The highest BCUT2D eigenvalue weighted by molar-refractivity contribution is 7.99. The zero-order chi connectivity index (χ0) is 19.5. The molecule has 0 spiro atoms. The van der Waals surface area contributed by atoms with E-state index in [1.54, 1.807) is 13.2 Å². The van der Waals surface area contributed by atoms with Crippen LogP contribution in [-0.4, -0.2) is 44.6 Å². The Morgan fingerprint density at radius 1 is 1.29 bits per heavy atom. The smallest absolute Gasteiger partial charge is 0.222 e. The van der Waals surface area contributed by atoms with Crippen molar-refractivity contribution in [3.63, 3.8) is 0 Å². The lowest BCUT2D eigenvalue weighted by Gasteiger charge is -2.14. The normalized spacial score (nSPS) is 16.4. The van der Waals surface area contributed by atoms with Crippen molar-refractivity contribution in [2.75, 3.05) is 19.5 Å². The molecular formula is C18H19ClN6O2S. The average molecular weight is 419 g/mol. The van der Waals surface area contributed by atoms with Gasteiger partial charge in [-0.1, -0.05) is 11.6 Å². The van der Waals surface area contributed by atoms with Crippen LogP contribution in [0.5, 0.6) is 5.75 Å². The SMILES string of the molecule is COc1ccc(-c2nnc(Sc3cc(Cl)nc(N)n3)n2CC2CCCO2)cc1. The van der Waals surface area contributed by atoms with E-state index in [9.17, 15) is 0 Å². The summed E-state index contributed by atoms with van der Waals surface area (Å²) in [5.74, 6) is 1.67. The number of halogens is 1. The molecule has 4 rings (SSSR count). The Bertz CT molecular complexity index is 939. The molecule has 1 unspecified atom stereocenters. The summed E-state index contributed by atoms with van der Waals surface area (Å²) < 4.78 is 13.1. The molecule has 0 aliphatic carbocycles. The molecule has 1 saturated heterocycles. The van der Waals surface area contributed by atoms with Gasteiger partial charge in [-0.05, 0) is 48.9 Å². The lowest BCUT2D eigenvalue weighted by atomic mass is 10.2. The van der Waals surface area contributed by atoms with Crippen molar-refractivity contribution in [3.8, 4) is 17.1 Å². The van der Waals surface area contributed by atoms with Crippen LogP contribution in [0.15, 0.2) is 40.5 Å². The molecule has 2 N–H and O–H groups in total. The molecule has 1 fully saturated rings. The van der Waals surface area contributed by atoms with Gasteiger partial charge in [0, 0.05) is 18.2 Å². The van der Waals surface area contributed by atoms with Gasteiger partial charge in [-0.15, -0.1) is 10.2 Å². The van der Waals surface area contributed by atoms with E-state index in [1.807, 2.05) is 24.3 Å².